The fourth-order valence-corrected chi connectivity index (χ4v) is 4.51. The van der Waals surface area contributed by atoms with Crippen LogP contribution in [0, 0.1) is 12.8 Å². The predicted molar refractivity (Wildman–Crippen MR) is 142 cm³/mol. The maximum absolute atomic E-state index is 6.03. The molecule has 2 aromatic rings. The van der Waals surface area contributed by atoms with Gasteiger partial charge in [0.25, 0.3) is 0 Å². The average molecular weight is 550 g/mol. The van der Waals surface area contributed by atoms with E-state index in [1.807, 2.05) is 0 Å². The van der Waals surface area contributed by atoms with Crippen molar-refractivity contribution in [1.29, 1.82) is 0 Å². The molecular weight excluding hydrogens is 513 g/mol. The number of guanidine groups is 1. The van der Waals surface area contributed by atoms with E-state index in [0.717, 1.165) is 69.5 Å². The van der Waals surface area contributed by atoms with E-state index >= 15 is 0 Å². The molecule has 0 saturated carbocycles. The van der Waals surface area contributed by atoms with Gasteiger partial charge in [0.1, 0.15) is 5.82 Å². The summed E-state index contributed by atoms with van der Waals surface area (Å²) < 4.78 is 6.03. The Balaban J connectivity index is 0.00000289. The molecule has 0 aliphatic carbocycles. The molecule has 0 spiro atoms. The molecule has 2 N–H and O–H groups in total. The maximum Gasteiger partial charge on any atom is 0.191 e. The third-order valence-corrected chi connectivity index (χ3v) is 6.20. The number of halogens is 1. The second-order valence-corrected chi connectivity index (χ2v) is 8.51. The summed E-state index contributed by atoms with van der Waals surface area (Å²) in [5.41, 5.74) is 2.33. The lowest BCUT2D eigenvalue weighted by atomic mass is 9.95. The van der Waals surface area contributed by atoms with Crippen LogP contribution in [0.2, 0.25) is 0 Å². The van der Waals surface area contributed by atoms with Crippen molar-refractivity contribution < 1.29 is 4.74 Å². The Hall–Kier alpha value is -1.87. The molecule has 2 atom stereocenters. The predicted octanol–water partition coefficient (Wildman–Crippen LogP) is 4.31. The molecule has 2 aliphatic rings. The summed E-state index contributed by atoms with van der Waals surface area (Å²) in [5, 5.41) is 7.10. The number of anilines is 1. The van der Waals surface area contributed by atoms with Crippen molar-refractivity contribution in [1.82, 2.24) is 15.6 Å². The molecule has 32 heavy (non-hydrogen) atoms. The highest BCUT2D eigenvalue weighted by Gasteiger charge is 2.29. The lowest BCUT2D eigenvalue weighted by Gasteiger charge is -2.34. The quantitative estimate of drug-likeness (QED) is 0.320. The number of piperidine rings is 1. The first-order valence-electron chi connectivity index (χ1n) is 11.6. The van der Waals surface area contributed by atoms with Crippen LogP contribution in [-0.2, 0) is 4.74 Å². The number of aliphatic imine (C=N–C) groups is 1. The number of nitrogens with one attached hydrogen (secondary N) is 2. The van der Waals surface area contributed by atoms with Gasteiger partial charge in [-0.1, -0.05) is 36.4 Å². The first-order valence-corrected chi connectivity index (χ1v) is 11.6. The number of benzene rings is 1. The zero-order chi connectivity index (χ0) is 21.5. The standard InChI is InChI=1S/C25H35N5O.HI/c1-3-26-25(27-18-21-14-17-31-24(21)20-9-5-4-6-10-20)29-22-12-15-30(16-13-22)23-11-7-8-19(2)28-23;/h4-11,21-22,24H,3,12-18H2,1-2H3,(H2,26,27,29);1H. The number of ether oxygens (including phenoxy) is 1. The van der Waals surface area contributed by atoms with Gasteiger partial charge >= 0.3 is 0 Å². The van der Waals surface area contributed by atoms with Crippen molar-refractivity contribution in [2.45, 2.75) is 45.3 Å². The number of nitrogens with zero attached hydrogens (tertiary/aromatic N) is 3. The van der Waals surface area contributed by atoms with E-state index < -0.39 is 0 Å². The molecule has 2 aliphatic heterocycles. The first kappa shape index (κ1) is 24.8. The van der Waals surface area contributed by atoms with E-state index in [1.54, 1.807) is 0 Å². The van der Waals surface area contributed by atoms with Gasteiger partial charge in [-0.2, -0.15) is 0 Å². The lowest BCUT2D eigenvalue weighted by molar-refractivity contribution is 0.0925. The van der Waals surface area contributed by atoms with Gasteiger partial charge in [0.15, 0.2) is 5.96 Å². The zero-order valence-corrected chi connectivity index (χ0v) is 21.5. The lowest BCUT2D eigenvalue weighted by Crippen LogP contribution is -2.49. The van der Waals surface area contributed by atoms with Crippen molar-refractivity contribution in [2.24, 2.45) is 10.9 Å². The van der Waals surface area contributed by atoms with Gasteiger partial charge in [-0.25, -0.2) is 4.98 Å². The second kappa shape index (κ2) is 12.4. The van der Waals surface area contributed by atoms with E-state index in [9.17, 15) is 0 Å². The first-order chi connectivity index (χ1) is 15.2. The monoisotopic (exact) mass is 549 g/mol. The van der Waals surface area contributed by atoms with Gasteiger partial charge in [0.2, 0.25) is 0 Å². The van der Waals surface area contributed by atoms with Crippen LogP contribution in [0.15, 0.2) is 53.5 Å². The molecule has 4 rings (SSSR count). The van der Waals surface area contributed by atoms with Crippen LogP contribution in [-0.4, -0.2) is 49.8 Å². The van der Waals surface area contributed by atoms with Gasteiger partial charge in [-0.05, 0) is 50.8 Å². The van der Waals surface area contributed by atoms with Crippen molar-refractivity contribution >= 4 is 35.8 Å². The van der Waals surface area contributed by atoms with Gasteiger partial charge in [0, 0.05) is 50.4 Å². The molecule has 2 unspecified atom stereocenters. The Morgan fingerprint density at radius 2 is 1.88 bits per heavy atom. The van der Waals surface area contributed by atoms with Crippen LogP contribution in [0.5, 0.6) is 0 Å². The Kier molecular flexibility index (Phi) is 9.59. The molecule has 3 heterocycles. The van der Waals surface area contributed by atoms with Crippen molar-refractivity contribution in [3.8, 4) is 0 Å². The van der Waals surface area contributed by atoms with Crippen LogP contribution < -0.4 is 15.5 Å². The molecule has 6 nitrogen and oxygen atoms in total. The summed E-state index contributed by atoms with van der Waals surface area (Å²) in [6.45, 7) is 8.65. The molecule has 2 saturated heterocycles. The van der Waals surface area contributed by atoms with Crippen molar-refractivity contribution in [2.75, 3.05) is 37.7 Å². The summed E-state index contributed by atoms with van der Waals surface area (Å²) in [6, 6.07) is 17.2. The number of hydrogen-bond donors (Lipinski definition) is 2. The van der Waals surface area contributed by atoms with Gasteiger partial charge < -0.3 is 20.3 Å². The number of aryl methyl sites for hydroxylation is 1. The van der Waals surface area contributed by atoms with Crippen LogP contribution in [0.25, 0.3) is 0 Å². The number of hydrogen-bond acceptors (Lipinski definition) is 4. The summed E-state index contributed by atoms with van der Waals surface area (Å²) in [7, 11) is 0. The van der Waals surface area contributed by atoms with Gasteiger partial charge in [-0.15, -0.1) is 24.0 Å². The summed E-state index contributed by atoms with van der Waals surface area (Å²) in [5.74, 6) is 2.44. The molecule has 2 fully saturated rings. The number of pyridine rings is 1. The zero-order valence-electron chi connectivity index (χ0n) is 19.2. The minimum atomic E-state index is 0. The normalized spacial score (nSPS) is 21.8. The maximum atomic E-state index is 6.03. The Labute approximate surface area is 209 Å². The number of rotatable bonds is 6. The summed E-state index contributed by atoms with van der Waals surface area (Å²) in [6.07, 6.45) is 3.38. The van der Waals surface area contributed by atoms with E-state index in [0.29, 0.717) is 12.0 Å². The SMILES string of the molecule is CCNC(=NCC1CCOC1c1ccccc1)NC1CCN(c2cccc(C)n2)CC1.I. The molecule has 0 bridgehead atoms. The molecular formula is C25H36IN5O. The highest BCUT2D eigenvalue weighted by molar-refractivity contribution is 14.0. The molecule has 0 amide bonds. The molecule has 7 heteroatoms. The number of aromatic nitrogens is 1. The van der Waals surface area contributed by atoms with Crippen LogP contribution in [0.1, 0.15) is 43.5 Å². The molecule has 1 aromatic heterocycles. The summed E-state index contributed by atoms with van der Waals surface area (Å²) in [4.78, 5) is 12.0. The third kappa shape index (κ3) is 6.57. The molecule has 174 valence electrons. The molecule has 0 radical (unpaired) electrons. The fourth-order valence-electron chi connectivity index (χ4n) is 4.51. The minimum absolute atomic E-state index is 0. The Bertz CT molecular complexity index is 854. The van der Waals surface area contributed by atoms with E-state index in [-0.39, 0.29) is 30.1 Å². The average Bonchev–Trinajstić information content (AvgIpc) is 3.27. The minimum Gasteiger partial charge on any atom is -0.373 e. The largest absolute Gasteiger partial charge is 0.373 e. The topological polar surface area (TPSA) is 61.8 Å². The fraction of sp³-hybridized carbons (Fsp3) is 0.520. The van der Waals surface area contributed by atoms with Crippen LogP contribution >= 0.6 is 24.0 Å². The van der Waals surface area contributed by atoms with E-state index in [2.05, 4.69) is 82.9 Å². The van der Waals surface area contributed by atoms with Crippen LogP contribution in [0.3, 0.4) is 0 Å². The van der Waals surface area contributed by atoms with Crippen molar-refractivity contribution in [3.63, 3.8) is 0 Å². The summed E-state index contributed by atoms with van der Waals surface area (Å²) >= 11 is 0. The van der Waals surface area contributed by atoms with Gasteiger partial charge in [0.05, 0.1) is 6.10 Å². The van der Waals surface area contributed by atoms with E-state index in [1.165, 1.54) is 5.56 Å². The Morgan fingerprint density at radius 3 is 2.59 bits per heavy atom. The van der Waals surface area contributed by atoms with Crippen LogP contribution in [0.4, 0.5) is 5.82 Å². The van der Waals surface area contributed by atoms with Crippen molar-refractivity contribution in [3.05, 3.63) is 59.8 Å². The Morgan fingerprint density at radius 1 is 1.09 bits per heavy atom. The third-order valence-electron chi connectivity index (χ3n) is 6.20. The van der Waals surface area contributed by atoms with Gasteiger partial charge in [-0.3, -0.25) is 4.99 Å². The smallest absolute Gasteiger partial charge is 0.191 e. The van der Waals surface area contributed by atoms with E-state index in [4.69, 9.17) is 9.73 Å². The highest BCUT2D eigenvalue weighted by atomic mass is 127. The molecule has 1 aromatic carbocycles. The second-order valence-electron chi connectivity index (χ2n) is 8.51. The highest BCUT2D eigenvalue weighted by Crippen LogP contribution is 2.34.